The van der Waals surface area contributed by atoms with Crippen molar-refractivity contribution in [1.29, 1.82) is 0 Å². The third-order valence-corrected chi connectivity index (χ3v) is 4.02. The predicted molar refractivity (Wildman–Crippen MR) is 107 cm³/mol. The summed E-state index contributed by atoms with van der Waals surface area (Å²) >= 11 is 16.9. The second-order valence-electron chi connectivity index (χ2n) is 5.21. The van der Waals surface area contributed by atoms with E-state index in [4.69, 9.17) is 39.8 Å². The number of carbonyl (C=O) groups excluding carboxylic acids is 1. The number of hydrazine groups is 1. The molecule has 0 aliphatic rings. The number of amides is 1. The second-order valence-corrected chi connectivity index (χ2v) is 6.50. The molecule has 0 atom stereocenters. The van der Waals surface area contributed by atoms with Crippen molar-refractivity contribution in [2.45, 2.75) is 0 Å². The summed E-state index contributed by atoms with van der Waals surface area (Å²) < 4.78 is 5.56. The Morgan fingerprint density at radius 2 is 1.69 bits per heavy atom. The van der Waals surface area contributed by atoms with Gasteiger partial charge in [-0.3, -0.25) is 15.6 Å². The number of furan rings is 1. The van der Waals surface area contributed by atoms with Crippen LogP contribution in [0.3, 0.4) is 0 Å². The van der Waals surface area contributed by atoms with Crippen LogP contribution in [-0.4, -0.2) is 11.0 Å². The molecule has 0 fully saturated rings. The molecule has 3 rings (SSSR count). The van der Waals surface area contributed by atoms with E-state index < -0.39 is 5.91 Å². The van der Waals surface area contributed by atoms with Gasteiger partial charge >= 0.3 is 5.91 Å². The first-order chi connectivity index (χ1) is 12.5. The molecule has 2 aromatic carbocycles. The summed E-state index contributed by atoms with van der Waals surface area (Å²) in [5.74, 6) is 0.222. The van der Waals surface area contributed by atoms with E-state index in [2.05, 4.69) is 16.2 Å². The fourth-order valence-electron chi connectivity index (χ4n) is 2.13. The van der Waals surface area contributed by atoms with Crippen LogP contribution in [0.25, 0.3) is 11.3 Å². The van der Waals surface area contributed by atoms with E-state index in [0.29, 0.717) is 15.8 Å². The van der Waals surface area contributed by atoms with Crippen molar-refractivity contribution < 1.29 is 9.21 Å². The monoisotopic (exact) mass is 405 g/mol. The molecule has 0 radical (unpaired) electrons. The molecule has 0 aliphatic heterocycles. The highest BCUT2D eigenvalue weighted by molar-refractivity contribution is 7.80. The first-order valence-electron chi connectivity index (χ1n) is 7.50. The van der Waals surface area contributed by atoms with Gasteiger partial charge in [0.2, 0.25) is 0 Å². The summed E-state index contributed by atoms with van der Waals surface area (Å²) in [6, 6.07) is 17.4. The van der Waals surface area contributed by atoms with Crippen LogP contribution >= 0.6 is 35.4 Å². The molecular formula is C18H13Cl2N3O2S. The van der Waals surface area contributed by atoms with Gasteiger partial charge < -0.3 is 9.73 Å². The van der Waals surface area contributed by atoms with Crippen LogP contribution in [0.4, 0.5) is 5.69 Å². The van der Waals surface area contributed by atoms with Crippen LogP contribution < -0.4 is 16.2 Å². The Hall–Kier alpha value is -2.54. The SMILES string of the molecule is O=C(NNC(=S)Nc1ccc(Cl)cc1)c1ccc(-c2cccc(Cl)c2)o1. The topological polar surface area (TPSA) is 66.3 Å². The molecule has 0 saturated carbocycles. The fraction of sp³-hybridized carbons (Fsp3) is 0. The van der Waals surface area contributed by atoms with Crippen molar-refractivity contribution in [2.75, 3.05) is 5.32 Å². The number of thiocarbonyl (C=S) groups is 1. The van der Waals surface area contributed by atoms with Gasteiger partial charge in [0, 0.05) is 21.3 Å². The number of hydrogen-bond acceptors (Lipinski definition) is 3. The lowest BCUT2D eigenvalue weighted by molar-refractivity contribution is 0.0917. The predicted octanol–water partition coefficient (Wildman–Crippen LogP) is 4.88. The fourth-order valence-corrected chi connectivity index (χ4v) is 2.61. The number of rotatable bonds is 3. The van der Waals surface area contributed by atoms with Crippen LogP contribution in [0.1, 0.15) is 10.6 Å². The second kappa shape index (κ2) is 8.23. The summed E-state index contributed by atoms with van der Waals surface area (Å²) in [6.45, 7) is 0. The van der Waals surface area contributed by atoms with Gasteiger partial charge in [-0.15, -0.1) is 0 Å². The molecule has 0 bridgehead atoms. The van der Waals surface area contributed by atoms with Gasteiger partial charge in [0.25, 0.3) is 0 Å². The van der Waals surface area contributed by atoms with Gasteiger partial charge in [-0.1, -0.05) is 35.3 Å². The lowest BCUT2D eigenvalue weighted by Gasteiger charge is -2.10. The zero-order valence-electron chi connectivity index (χ0n) is 13.3. The third-order valence-electron chi connectivity index (χ3n) is 3.33. The lowest BCUT2D eigenvalue weighted by atomic mass is 10.2. The minimum Gasteiger partial charge on any atom is -0.451 e. The maximum Gasteiger partial charge on any atom is 0.305 e. The standard InChI is InChI=1S/C18H13Cl2N3O2S/c19-12-4-6-14(7-5-12)21-18(26)23-22-17(24)16-9-8-15(25-16)11-2-1-3-13(20)10-11/h1-10H,(H,22,24)(H2,21,23,26). The molecule has 0 unspecified atom stereocenters. The highest BCUT2D eigenvalue weighted by Crippen LogP contribution is 2.24. The molecule has 26 heavy (non-hydrogen) atoms. The van der Waals surface area contributed by atoms with E-state index in [1.807, 2.05) is 12.1 Å². The third kappa shape index (κ3) is 4.76. The Morgan fingerprint density at radius 1 is 0.923 bits per heavy atom. The Bertz CT molecular complexity index is 942. The van der Waals surface area contributed by atoms with E-state index in [9.17, 15) is 4.79 Å². The number of nitrogens with one attached hydrogen (secondary N) is 3. The van der Waals surface area contributed by atoms with Gasteiger partial charge in [0.05, 0.1) is 0 Å². The summed E-state index contributed by atoms with van der Waals surface area (Å²) in [5, 5.41) is 4.35. The highest BCUT2D eigenvalue weighted by Gasteiger charge is 2.12. The van der Waals surface area contributed by atoms with E-state index in [1.54, 1.807) is 48.5 Å². The molecule has 0 spiro atoms. The maximum absolute atomic E-state index is 12.2. The van der Waals surface area contributed by atoms with Crippen molar-refractivity contribution in [3.05, 3.63) is 76.5 Å². The molecule has 3 N–H and O–H groups in total. The van der Waals surface area contributed by atoms with Crippen LogP contribution in [-0.2, 0) is 0 Å². The summed E-state index contributed by atoms with van der Waals surface area (Å²) in [7, 11) is 0. The molecule has 3 aromatic rings. The van der Waals surface area contributed by atoms with Crippen LogP contribution in [0.2, 0.25) is 10.0 Å². The highest BCUT2D eigenvalue weighted by atomic mass is 35.5. The quantitative estimate of drug-likeness (QED) is 0.427. The van der Waals surface area contributed by atoms with Crippen LogP contribution in [0.15, 0.2) is 65.1 Å². The van der Waals surface area contributed by atoms with Crippen molar-refractivity contribution in [3.63, 3.8) is 0 Å². The molecule has 8 heteroatoms. The van der Waals surface area contributed by atoms with Crippen molar-refractivity contribution in [3.8, 4) is 11.3 Å². The number of anilines is 1. The van der Waals surface area contributed by atoms with Gasteiger partial charge in [0.15, 0.2) is 10.9 Å². The largest absolute Gasteiger partial charge is 0.451 e. The number of carbonyl (C=O) groups is 1. The van der Waals surface area contributed by atoms with Gasteiger partial charge in [-0.2, -0.15) is 0 Å². The number of halogens is 2. The van der Waals surface area contributed by atoms with E-state index in [1.165, 1.54) is 0 Å². The van der Waals surface area contributed by atoms with Crippen LogP contribution in [0, 0.1) is 0 Å². The molecule has 5 nitrogen and oxygen atoms in total. The zero-order chi connectivity index (χ0) is 18.5. The van der Waals surface area contributed by atoms with E-state index in [0.717, 1.165) is 11.3 Å². The molecule has 0 aliphatic carbocycles. The molecule has 132 valence electrons. The van der Waals surface area contributed by atoms with Crippen LogP contribution in [0.5, 0.6) is 0 Å². The molecule has 1 amide bonds. The minimum absolute atomic E-state index is 0.141. The van der Waals surface area contributed by atoms with E-state index in [-0.39, 0.29) is 10.9 Å². The van der Waals surface area contributed by atoms with Crippen molar-refractivity contribution in [2.24, 2.45) is 0 Å². The zero-order valence-corrected chi connectivity index (χ0v) is 15.6. The number of benzene rings is 2. The Balaban J connectivity index is 1.57. The smallest absolute Gasteiger partial charge is 0.305 e. The summed E-state index contributed by atoms with van der Waals surface area (Å²) in [4.78, 5) is 12.2. The summed E-state index contributed by atoms with van der Waals surface area (Å²) in [6.07, 6.45) is 0. The Kier molecular flexibility index (Phi) is 5.78. The number of hydrogen-bond donors (Lipinski definition) is 3. The maximum atomic E-state index is 12.2. The van der Waals surface area contributed by atoms with Gasteiger partial charge in [-0.25, -0.2) is 0 Å². The first kappa shape index (κ1) is 18.3. The van der Waals surface area contributed by atoms with E-state index >= 15 is 0 Å². The minimum atomic E-state index is -0.460. The Morgan fingerprint density at radius 3 is 2.42 bits per heavy atom. The van der Waals surface area contributed by atoms with Gasteiger partial charge in [0.1, 0.15) is 5.76 Å². The molecular weight excluding hydrogens is 393 g/mol. The molecule has 0 saturated heterocycles. The average Bonchev–Trinajstić information content (AvgIpc) is 3.12. The first-order valence-corrected chi connectivity index (χ1v) is 8.66. The summed E-state index contributed by atoms with van der Waals surface area (Å²) in [5.41, 5.74) is 6.60. The molecule has 1 aromatic heterocycles. The van der Waals surface area contributed by atoms with Crippen molar-refractivity contribution >= 4 is 52.1 Å². The average molecular weight is 406 g/mol. The van der Waals surface area contributed by atoms with Gasteiger partial charge in [-0.05, 0) is 60.7 Å². The lowest BCUT2D eigenvalue weighted by Crippen LogP contribution is -2.43. The molecule has 1 heterocycles. The normalized spacial score (nSPS) is 10.2. The van der Waals surface area contributed by atoms with Crippen molar-refractivity contribution in [1.82, 2.24) is 10.9 Å². The Labute approximate surface area is 165 Å².